The fourth-order valence-corrected chi connectivity index (χ4v) is 4.25. The summed E-state index contributed by atoms with van der Waals surface area (Å²) < 4.78 is 38.1. The van der Waals surface area contributed by atoms with Gasteiger partial charge < -0.3 is 0 Å². The van der Waals surface area contributed by atoms with Crippen molar-refractivity contribution in [1.82, 2.24) is 0 Å². The zero-order chi connectivity index (χ0) is 12.5. The Labute approximate surface area is 102 Å². The first kappa shape index (κ1) is 12.6. The van der Waals surface area contributed by atoms with Crippen molar-refractivity contribution in [3.05, 3.63) is 30.1 Å². The Morgan fingerprint density at radius 1 is 1.12 bits per heavy atom. The minimum absolute atomic E-state index is 0.139. The average Bonchev–Trinajstić information content (AvgIpc) is 2.30. The highest BCUT2D eigenvalue weighted by molar-refractivity contribution is 7.92. The quantitative estimate of drug-likeness (QED) is 0.814. The summed E-state index contributed by atoms with van der Waals surface area (Å²) in [6, 6.07) is 5.65. The molecule has 1 fully saturated rings. The predicted molar refractivity (Wildman–Crippen MR) is 65.0 cm³/mol. The Hall–Kier alpha value is -0.900. The van der Waals surface area contributed by atoms with Crippen molar-refractivity contribution in [2.45, 2.75) is 42.8 Å². The van der Waals surface area contributed by atoms with E-state index in [0.29, 0.717) is 18.8 Å². The Kier molecular flexibility index (Phi) is 3.52. The molecule has 0 atom stereocenters. The van der Waals surface area contributed by atoms with Crippen molar-refractivity contribution in [2.24, 2.45) is 5.92 Å². The highest BCUT2D eigenvalue weighted by atomic mass is 32.2. The van der Waals surface area contributed by atoms with E-state index in [4.69, 9.17) is 0 Å². The lowest BCUT2D eigenvalue weighted by atomic mass is 9.91. The maximum Gasteiger partial charge on any atom is 0.184 e. The van der Waals surface area contributed by atoms with Gasteiger partial charge in [0, 0.05) is 0 Å². The van der Waals surface area contributed by atoms with Gasteiger partial charge in [-0.2, -0.15) is 0 Å². The smallest absolute Gasteiger partial charge is 0.184 e. The lowest BCUT2D eigenvalue weighted by Gasteiger charge is -2.26. The van der Waals surface area contributed by atoms with Crippen LogP contribution in [0, 0.1) is 11.7 Å². The molecule has 17 heavy (non-hydrogen) atoms. The monoisotopic (exact) mass is 256 g/mol. The van der Waals surface area contributed by atoms with Crippen LogP contribution in [0.4, 0.5) is 4.39 Å². The van der Waals surface area contributed by atoms with Crippen LogP contribution in [0.1, 0.15) is 32.6 Å². The fourth-order valence-electron chi connectivity index (χ4n) is 2.39. The van der Waals surface area contributed by atoms with E-state index in [9.17, 15) is 12.8 Å². The number of halogens is 1. The van der Waals surface area contributed by atoms with Crippen LogP contribution in [0.15, 0.2) is 29.2 Å². The van der Waals surface area contributed by atoms with Gasteiger partial charge >= 0.3 is 0 Å². The lowest BCUT2D eigenvalue weighted by Crippen LogP contribution is -2.27. The average molecular weight is 256 g/mol. The third-order valence-electron chi connectivity index (χ3n) is 3.54. The molecule has 0 heterocycles. The van der Waals surface area contributed by atoms with Crippen molar-refractivity contribution in [1.29, 1.82) is 0 Å². The van der Waals surface area contributed by atoms with E-state index in [-0.39, 0.29) is 4.90 Å². The van der Waals surface area contributed by atoms with Gasteiger partial charge in [-0.3, -0.25) is 0 Å². The first-order valence-electron chi connectivity index (χ1n) is 6.00. The Bertz CT molecular complexity index is 488. The lowest BCUT2D eigenvalue weighted by molar-refractivity contribution is 0.381. The first-order chi connectivity index (χ1) is 8.01. The van der Waals surface area contributed by atoms with Crippen LogP contribution >= 0.6 is 0 Å². The van der Waals surface area contributed by atoms with Crippen molar-refractivity contribution < 1.29 is 12.8 Å². The van der Waals surface area contributed by atoms with E-state index in [0.717, 1.165) is 12.8 Å². The molecule has 0 aromatic heterocycles. The third kappa shape index (κ3) is 2.51. The Morgan fingerprint density at radius 2 is 1.71 bits per heavy atom. The van der Waals surface area contributed by atoms with Crippen LogP contribution < -0.4 is 0 Å². The van der Waals surface area contributed by atoms with Crippen molar-refractivity contribution in [2.75, 3.05) is 0 Å². The van der Waals surface area contributed by atoms with E-state index in [1.54, 1.807) is 6.07 Å². The second-order valence-electron chi connectivity index (χ2n) is 4.86. The largest absolute Gasteiger partial charge is 0.223 e. The fraction of sp³-hybridized carbons (Fsp3) is 0.538. The molecule has 1 aliphatic rings. The SMILES string of the molecule is CC1CCC(S(=O)(=O)c2ccccc2F)CC1. The molecule has 0 aliphatic heterocycles. The molecule has 0 bridgehead atoms. The number of sulfone groups is 1. The summed E-state index contributed by atoms with van der Waals surface area (Å²) in [5.74, 6) is -0.0480. The summed E-state index contributed by atoms with van der Waals surface area (Å²) in [5, 5.41) is -0.407. The summed E-state index contributed by atoms with van der Waals surface area (Å²) in [4.78, 5) is -0.139. The highest BCUT2D eigenvalue weighted by Crippen LogP contribution is 2.32. The molecule has 1 saturated carbocycles. The Morgan fingerprint density at radius 3 is 2.29 bits per heavy atom. The molecule has 4 heteroatoms. The van der Waals surface area contributed by atoms with Crippen molar-refractivity contribution in [3.8, 4) is 0 Å². The van der Waals surface area contributed by atoms with Crippen LogP contribution in [0.5, 0.6) is 0 Å². The number of hydrogen-bond acceptors (Lipinski definition) is 2. The molecule has 0 N–H and O–H groups in total. The molecule has 1 aromatic carbocycles. The Balaban J connectivity index is 2.28. The highest BCUT2D eigenvalue weighted by Gasteiger charge is 2.32. The van der Waals surface area contributed by atoms with Crippen LogP contribution in [-0.4, -0.2) is 13.7 Å². The van der Waals surface area contributed by atoms with E-state index in [1.807, 2.05) is 0 Å². The summed E-state index contributed by atoms with van der Waals surface area (Å²) >= 11 is 0. The molecular weight excluding hydrogens is 239 g/mol. The standard InChI is InChI=1S/C13H17FO2S/c1-10-6-8-11(9-7-10)17(15,16)13-5-3-2-4-12(13)14/h2-5,10-11H,6-9H2,1H3. The summed E-state index contributed by atoms with van der Waals surface area (Å²) in [7, 11) is -3.49. The molecule has 0 spiro atoms. The third-order valence-corrected chi connectivity index (χ3v) is 5.84. The van der Waals surface area contributed by atoms with Crippen molar-refractivity contribution in [3.63, 3.8) is 0 Å². The van der Waals surface area contributed by atoms with Crippen molar-refractivity contribution >= 4 is 9.84 Å². The minimum atomic E-state index is -3.49. The zero-order valence-corrected chi connectivity index (χ0v) is 10.7. The molecule has 1 aliphatic carbocycles. The van der Waals surface area contributed by atoms with E-state index >= 15 is 0 Å². The van der Waals surface area contributed by atoms with Gasteiger partial charge in [-0.05, 0) is 43.7 Å². The van der Waals surface area contributed by atoms with Crippen LogP contribution in [0.25, 0.3) is 0 Å². The van der Waals surface area contributed by atoms with E-state index in [1.165, 1.54) is 18.2 Å². The minimum Gasteiger partial charge on any atom is -0.223 e. The van der Waals surface area contributed by atoms with Gasteiger partial charge in [0.25, 0.3) is 0 Å². The molecule has 2 nitrogen and oxygen atoms in total. The molecular formula is C13H17FO2S. The molecule has 0 radical (unpaired) electrons. The normalized spacial score (nSPS) is 25.8. The van der Waals surface area contributed by atoms with E-state index in [2.05, 4.69) is 6.92 Å². The molecule has 0 saturated heterocycles. The van der Waals surface area contributed by atoms with Gasteiger partial charge in [-0.15, -0.1) is 0 Å². The number of benzene rings is 1. The summed E-state index contributed by atoms with van der Waals surface area (Å²) in [5.41, 5.74) is 0. The van der Waals surface area contributed by atoms with Crippen LogP contribution in [-0.2, 0) is 9.84 Å². The second-order valence-corrected chi connectivity index (χ2v) is 7.05. The van der Waals surface area contributed by atoms with Gasteiger partial charge in [0.2, 0.25) is 0 Å². The first-order valence-corrected chi connectivity index (χ1v) is 7.55. The maximum absolute atomic E-state index is 13.5. The van der Waals surface area contributed by atoms with Gasteiger partial charge in [-0.1, -0.05) is 19.1 Å². The zero-order valence-electron chi connectivity index (χ0n) is 9.90. The van der Waals surface area contributed by atoms with E-state index < -0.39 is 20.9 Å². The molecule has 2 rings (SSSR count). The molecule has 1 aromatic rings. The van der Waals surface area contributed by atoms with Gasteiger partial charge in [0.15, 0.2) is 9.84 Å². The topological polar surface area (TPSA) is 34.1 Å². The number of rotatable bonds is 2. The molecule has 0 unspecified atom stereocenters. The molecule has 0 amide bonds. The van der Waals surface area contributed by atoms with Crippen LogP contribution in [0.2, 0.25) is 0 Å². The summed E-state index contributed by atoms with van der Waals surface area (Å²) in [6.07, 6.45) is 3.13. The molecule has 94 valence electrons. The number of hydrogen-bond donors (Lipinski definition) is 0. The van der Waals surface area contributed by atoms with Gasteiger partial charge in [0.05, 0.1) is 5.25 Å². The summed E-state index contributed by atoms with van der Waals surface area (Å²) in [6.45, 7) is 2.13. The van der Waals surface area contributed by atoms with Gasteiger partial charge in [-0.25, -0.2) is 12.8 Å². The van der Waals surface area contributed by atoms with Gasteiger partial charge in [0.1, 0.15) is 10.7 Å². The predicted octanol–water partition coefficient (Wildman–Crippen LogP) is 3.18. The maximum atomic E-state index is 13.5. The second kappa shape index (κ2) is 4.77. The van der Waals surface area contributed by atoms with Crippen LogP contribution in [0.3, 0.4) is 0 Å².